The van der Waals surface area contributed by atoms with E-state index in [9.17, 15) is 14.0 Å². The molecule has 0 unspecified atom stereocenters. The summed E-state index contributed by atoms with van der Waals surface area (Å²) in [5.74, 6) is 0.00668. The molecule has 2 amide bonds. The lowest BCUT2D eigenvalue weighted by atomic mass is 10.2. The van der Waals surface area contributed by atoms with Crippen LogP contribution in [-0.2, 0) is 18.4 Å². The van der Waals surface area contributed by atoms with Gasteiger partial charge >= 0.3 is 0 Å². The maximum atomic E-state index is 13.7. The Morgan fingerprint density at radius 1 is 1.13 bits per heavy atom. The number of amides is 2. The molecule has 0 atom stereocenters. The highest BCUT2D eigenvalue weighted by Gasteiger charge is 2.14. The van der Waals surface area contributed by atoms with Crippen LogP contribution in [0.3, 0.4) is 0 Å². The van der Waals surface area contributed by atoms with Crippen LogP contribution >= 0.6 is 11.8 Å². The fraction of sp³-hybridized carbons (Fsp3) is 0.200. The minimum Gasteiger partial charge on any atom is -0.497 e. The smallest absolute Gasteiger partial charge is 0.254 e. The van der Waals surface area contributed by atoms with Gasteiger partial charge in [-0.25, -0.2) is 4.39 Å². The van der Waals surface area contributed by atoms with Crippen LogP contribution in [0.2, 0.25) is 0 Å². The van der Waals surface area contributed by atoms with E-state index in [1.165, 1.54) is 30.0 Å². The van der Waals surface area contributed by atoms with E-state index in [2.05, 4.69) is 20.8 Å². The molecule has 10 heteroatoms. The molecule has 8 nitrogen and oxygen atoms in total. The Kier molecular flexibility index (Phi) is 7.02. The summed E-state index contributed by atoms with van der Waals surface area (Å²) in [5.41, 5.74) is 0.625. The highest BCUT2D eigenvalue weighted by atomic mass is 32.2. The number of aromatic nitrogens is 3. The van der Waals surface area contributed by atoms with Crippen LogP contribution in [0, 0.1) is 5.82 Å². The first-order valence-corrected chi connectivity index (χ1v) is 9.94. The van der Waals surface area contributed by atoms with Gasteiger partial charge in [-0.2, -0.15) is 0 Å². The zero-order chi connectivity index (χ0) is 21.5. The van der Waals surface area contributed by atoms with E-state index in [1.807, 2.05) is 0 Å². The number of carbonyl (C=O) groups excluding carboxylic acids is 2. The van der Waals surface area contributed by atoms with Gasteiger partial charge in [0.1, 0.15) is 11.6 Å². The lowest BCUT2D eigenvalue weighted by Crippen LogP contribution is -2.25. The minimum absolute atomic E-state index is 0.0375. The lowest BCUT2D eigenvalue weighted by Gasteiger charge is -2.07. The summed E-state index contributed by atoms with van der Waals surface area (Å²) in [5, 5.41) is 14.0. The molecule has 1 heterocycles. The molecule has 0 saturated heterocycles. The SMILES string of the molecule is COc1ccc(NC(=O)CSc2nnc(CNC(=O)c3ccccc3F)n2C)cc1. The molecule has 2 aromatic carbocycles. The normalized spacial score (nSPS) is 10.5. The van der Waals surface area contributed by atoms with Gasteiger partial charge in [0, 0.05) is 12.7 Å². The third-order valence-electron chi connectivity index (χ3n) is 4.16. The number of thioether (sulfide) groups is 1. The number of halogens is 1. The van der Waals surface area contributed by atoms with Gasteiger partial charge in [0.15, 0.2) is 11.0 Å². The van der Waals surface area contributed by atoms with Crippen LogP contribution in [0.1, 0.15) is 16.2 Å². The van der Waals surface area contributed by atoms with E-state index in [-0.39, 0.29) is 23.8 Å². The molecule has 0 spiro atoms. The van der Waals surface area contributed by atoms with Crippen LogP contribution in [0.4, 0.5) is 10.1 Å². The van der Waals surface area contributed by atoms with Crippen LogP contribution in [0.25, 0.3) is 0 Å². The quantitative estimate of drug-likeness (QED) is 0.534. The molecule has 0 aliphatic carbocycles. The molecular weight excluding hydrogens is 409 g/mol. The first-order valence-electron chi connectivity index (χ1n) is 8.95. The molecule has 156 valence electrons. The van der Waals surface area contributed by atoms with E-state index >= 15 is 0 Å². The fourth-order valence-corrected chi connectivity index (χ4v) is 3.26. The summed E-state index contributed by atoms with van der Waals surface area (Å²) in [6.45, 7) is 0.0786. The summed E-state index contributed by atoms with van der Waals surface area (Å²) in [6, 6.07) is 12.8. The predicted molar refractivity (Wildman–Crippen MR) is 111 cm³/mol. The van der Waals surface area contributed by atoms with E-state index < -0.39 is 11.7 Å². The van der Waals surface area contributed by atoms with Gasteiger partial charge < -0.3 is 19.9 Å². The molecule has 1 aromatic heterocycles. The van der Waals surface area contributed by atoms with Gasteiger partial charge in [0.2, 0.25) is 5.91 Å². The average Bonchev–Trinajstić information content (AvgIpc) is 3.11. The number of nitrogens with zero attached hydrogens (tertiary/aromatic N) is 3. The van der Waals surface area contributed by atoms with E-state index in [0.29, 0.717) is 22.4 Å². The van der Waals surface area contributed by atoms with E-state index in [4.69, 9.17) is 4.74 Å². The maximum absolute atomic E-state index is 13.7. The Balaban J connectivity index is 1.51. The van der Waals surface area contributed by atoms with Crippen molar-refractivity contribution in [2.75, 3.05) is 18.2 Å². The number of ether oxygens (including phenoxy) is 1. The Morgan fingerprint density at radius 2 is 1.87 bits per heavy atom. The van der Waals surface area contributed by atoms with Crippen LogP contribution in [0.15, 0.2) is 53.7 Å². The average molecular weight is 429 g/mol. The third kappa shape index (κ3) is 5.35. The standard InChI is InChI=1S/C20H20FN5O3S/c1-26-17(11-22-19(28)15-5-3-4-6-16(15)21)24-25-20(26)30-12-18(27)23-13-7-9-14(29-2)10-8-13/h3-10H,11-12H2,1-2H3,(H,22,28)(H,23,27). The third-order valence-corrected chi connectivity index (χ3v) is 5.18. The second-order valence-electron chi connectivity index (χ2n) is 6.19. The molecular formula is C20H20FN5O3S. The molecule has 0 saturated carbocycles. The first kappa shape index (κ1) is 21.3. The Labute approximate surface area is 176 Å². The van der Waals surface area contributed by atoms with Gasteiger partial charge in [0.25, 0.3) is 5.91 Å². The van der Waals surface area contributed by atoms with Gasteiger partial charge in [-0.1, -0.05) is 23.9 Å². The Hall–Kier alpha value is -3.40. The zero-order valence-electron chi connectivity index (χ0n) is 16.4. The van der Waals surface area contributed by atoms with Gasteiger partial charge in [0.05, 0.1) is 25.0 Å². The predicted octanol–water partition coefficient (Wildman–Crippen LogP) is 2.62. The second-order valence-corrected chi connectivity index (χ2v) is 7.13. The van der Waals surface area contributed by atoms with Gasteiger partial charge in [-0.05, 0) is 36.4 Å². The molecule has 3 aromatic rings. The monoisotopic (exact) mass is 429 g/mol. The van der Waals surface area contributed by atoms with E-state index in [1.54, 1.807) is 49.1 Å². The van der Waals surface area contributed by atoms with Crippen LogP contribution in [0.5, 0.6) is 5.75 Å². The Bertz CT molecular complexity index is 1040. The molecule has 2 N–H and O–H groups in total. The van der Waals surface area contributed by atoms with Crippen molar-refractivity contribution in [3.63, 3.8) is 0 Å². The number of benzene rings is 2. The van der Waals surface area contributed by atoms with Crippen molar-refractivity contribution in [2.45, 2.75) is 11.7 Å². The highest BCUT2D eigenvalue weighted by molar-refractivity contribution is 7.99. The van der Waals surface area contributed by atoms with Crippen molar-refractivity contribution in [3.8, 4) is 5.75 Å². The number of rotatable bonds is 8. The van der Waals surface area contributed by atoms with Crippen molar-refractivity contribution < 1.29 is 18.7 Å². The van der Waals surface area contributed by atoms with Crippen molar-refractivity contribution >= 4 is 29.3 Å². The van der Waals surface area contributed by atoms with E-state index in [0.717, 1.165) is 0 Å². The van der Waals surface area contributed by atoms with Crippen molar-refractivity contribution in [1.82, 2.24) is 20.1 Å². The fourth-order valence-electron chi connectivity index (χ4n) is 2.53. The van der Waals surface area contributed by atoms with Crippen LogP contribution in [-0.4, -0.2) is 39.4 Å². The second kappa shape index (κ2) is 9.88. The topological polar surface area (TPSA) is 98.1 Å². The number of hydrogen-bond donors (Lipinski definition) is 2. The van der Waals surface area contributed by atoms with Crippen molar-refractivity contribution in [2.24, 2.45) is 7.05 Å². The molecule has 0 fully saturated rings. The highest BCUT2D eigenvalue weighted by Crippen LogP contribution is 2.18. The van der Waals surface area contributed by atoms with Gasteiger partial charge in [-0.3, -0.25) is 9.59 Å². The number of carbonyl (C=O) groups is 2. The maximum Gasteiger partial charge on any atom is 0.254 e. The first-order chi connectivity index (χ1) is 14.5. The van der Waals surface area contributed by atoms with Crippen LogP contribution < -0.4 is 15.4 Å². The minimum atomic E-state index is -0.591. The molecule has 0 bridgehead atoms. The number of nitrogens with one attached hydrogen (secondary N) is 2. The molecule has 0 radical (unpaired) electrons. The number of anilines is 1. The van der Waals surface area contributed by atoms with Crippen molar-refractivity contribution in [1.29, 1.82) is 0 Å². The number of methoxy groups -OCH3 is 1. The van der Waals surface area contributed by atoms with Crippen molar-refractivity contribution in [3.05, 3.63) is 65.7 Å². The molecule has 3 rings (SSSR count). The largest absolute Gasteiger partial charge is 0.497 e. The van der Waals surface area contributed by atoms with Gasteiger partial charge in [-0.15, -0.1) is 10.2 Å². The summed E-state index contributed by atoms with van der Waals surface area (Å²) in [6.07, 6.45) is 0. The molecule has 0 aliphatic rings. The summed E-state index contributed by atoms with van der Waals surface area (Å²) in [7, 11) is 3.30. The Morgan fingerprint density at radius 3 is 2.57 bits per heavy atom. The summed E-state index contributed by atoms with van der Waals surface area (Å²) < 4.78 is 20.4. The summed E-state index contributed by atoms with van der Waals surface area (Å²) in [4.78, 5) is 24.3. The molecule has 30 heavy (non-hydrogen) atoms. The zero-order valence-corrected chi connectivity index (χ0v) is 17.2. The summed E-state index contributed by atoms with van der Waals surface area (Å²) >= 11 is 1.22. The molecule has 0 aliphatic heterocycles. The lowest BCUT2D eigenvalue weighted by molar-refractivity contribution is -0.113. The number of hydrogen-bond acceptors (Lipinski definition) is 6.